The van der Waals surface area contributed by atoms with Crippen LogP contribution in [0.4, 0.5) is 0 Å². The minimum atomic E-state index is 0.0953. The van der Waals surface area contributed by atoms with Crippen molar-refractivity contribution in [1.82, 2.24) is 25.5 Å². The smallest absolute Gasteiger partial charge is 0.165 e. The maximum Gasteiger partial charge on any atom is 0.165 e. The summed E-state index contributed by atoms with van der Waals surface area (Å²) in [5.41, 5.74) is 0.0953. The highest BCUT2D eigenvalue weighted by atomic mass is 15.6. The van der Waals surface area contributed by atoms with E-state index in [2.05, 4.69) is 48.5 Å². The second-order valence-corrected chi connectivity index (χ2v) is 6.12. The Morgan fingerprint density at radius 3 is 2.71 bits per heavy atom. The highest BCUT2D eigenvalue weighted by molar-refractivity contribution is 4.89. The molecule has 1 N–H and O–H groups in total. The quantitative estimate of drug-likeness (QED) is 0.872. The highest BCUT2D eigenvalue weighted by Gasteiger charge is 2.28. The molecule has 0 aliphatic heterocycles. The van der Waals surface area contributed by atoms with Crippen molar-refractivity contribution in [3.63, 3.8) is 0 Å². The Labute approximate surface area is 103 Å². The Morgan fingerprint density at radius 2 is 2.12 bits per heavy atom. The fourth-order valence-corrected chi connectivity index (χ4v) is 2.42. The van der Waals surface area contributed by atoms with Crippen LogP contribution in [0.15, 0.2) is 0 Å². The van der Waals surface area contributed by atoms with Gasteiger partial charge in [0.15, 0.2) is 5.82 Å². The van der Waals surface area contributed by atoms with Crippen LogP contribution in [0.2, 0.25) is 0 Å². The van der Waals surface area contributed by atoms with Gasteiger partial charge >= 0.3 is 0 Å². The summed E-state index contributed by atoms with van der Waals surface area (Å²) in [4.78, 5) is 0. The third-order valence-corrected chi connectivity index (χ3v) is 3.47. The summed E-state index contributed by atoms with van der Waals surface area (Å²) < 4.78 is 2.02. The van der Waals surface area contributed by atoms with Gasteiger partial charge in [0.1, 0.15) is 0 Å². The van der Waals surface area contributed by atoms with Crippen molar-refractivity contribution in [3.8, 4) is 0 Å². The summed E-state index contributed by atoms with van der Waals surface area (Å²) in [6.07, 6.45) is 3.78. The summed E-state index contributed by atoms with van der Waals surface area (Å²) in [5.74, 6) is 1.64. The van der Waals surface area contributed by atoms with E-state index < -0.39 is 0 Å². The van der Waals surface area contributed by atoms with Crippen LogP contribution in [0.3, 0.4) is 0 Å². The van der Waals surface area contributed by atoms with Crippen LogP contribution in [-0.2, 0) is 6.54 Å². The van der Waals surface area contributed by atoms with E-state index >= 15 is 0 Å². The first kappa shape index (κ1) is 12.5. The fourth-order valence-electron chi connectivity index (χ4n) is 2.42. The molecule has 17 heavy (non-hydrogen) atoms. The van der Waals surface area contributed by atoms with Crippen LogP contribution in [0, 0.1) is 5.92 Å². The number of tetrazole rings is 1. The maximum atomic E-state index is 4.16. The largest absolute Gasteiger partial charge is 0.305 e. The number of rotatable bonds is 3. The number of nitrogens with zero attached hydrogens (tertiary/aromatic N) is 4. The Kier molecular flexibility index (Phi) is 3.47. The number of hydrogen-bond donors (Lipinski definition) is 1. The van der Waals surface area contributed by atoms with Gasteiger partial charge in [0.2, 0.25) is 0 Å². The normalized spacial score (nSPS) is 25.4. The monoisotopic (exact) mass is 237 g/mol. The van der Waals surface area contributed by atoms with Crippen LogP contribution < -0.4 is 5.32 Å². The Hall–Kier alpha value is -0.970. The second kappa shape index (κ2) is 4.72. The van der Waals surface area contributed by atoms with E-state index in [1.807, 2.05) is 4.68 Å². The van der Waals surface area contributed by atoms with Crippen molar-refractivity contribution < 1.29 is 0 Å². The summed E-state index contributed by atoms with van der Waals surface area (Å²) in [7, 11) is 0. The van der Waals surface area contributed by atoms with Gasteiger partial charge in [-0.05, 0) is 50.0 Å². The second-order valence-electron chi connectivity index (χ2n) is 6.12. The molecular weight excluding hydrogens is 214 g/mol. The molecule has 2 unspecified atom stereocenters. The van der Waals surface area contributed by atoms with E-state index in [0.717, 1.165) is 12.4 Å². The summed E-state index contributed by atoms with van der Waals surface area (Å²) in [5, 5.41) is 15.6. The first-order valence-corrected chi connectivity index (χ1v) is 6.49. The zero-order chi connectivity index (χ0) is 12.5. The van der Waals surface area contributed by atoms with Gasteiger partial charge in [-0.2, -0.15) is 0 Å². The summed E-state index contributed by atoms with van der Waals surface area (Å²) >= 11 is 0. The van der Waals surface area contributed by atoms with Gasteiger partial charge in [-0.25, -0.2) is 4.68 Å². The molecule has 2 rings (SSSR count). The molecule has 96 valence electrons. The topological polar surface area (TPSA) is 55.6 Å². The lowest BCUT2D eigenvalue weighted by Crippen LogP contribution is -2.36. The Balaban J connectivity index is 2.06. The molecule has 0 spiro atoms. The molecule has 1 heterocycles. The van der Waals surface area contributed by atoms with E-state index in [9.17, 15) is 0 Å². The van der Waals surface area contributed by atoms with Crippen molar-refractivity contribution in [3.05, 3.63) is 5.82 Å². The molecule has 1 aromatic heterocycles. The summed E-state index contributed by atoms with van der Waals surface area (Å²) in [6.45, 7) is 9.48. The average molecular weight is 237 g/mol. The first-order valence-electron chi connectivity index (χ1n) is 6.49. The van der Waals surface area contributed by atoms with Gasteiger partial charge in [-0.1, -0.05) is 13.3 Å². The lowest BCUT2D eigenvalue weighted by Gasteiger charge is -2.21. The Bertz CT molecular complexity index is 365. The molecule has 0 aromatic carbocycles. The third-order valence-electron chi connectivity index (χ3n) is 3.47. The maximum absolute atomic E-state index is 4.16. The van der Waals surface area contributed by atoms with Crippen LogP contribution in [0.25, 0.3) is 0 Å². The molecule has 0 bridgehead atoms. The molecule has 1 aliphatic carbocycles. The van der Waals surface area contributed by atoms with Crippen molar-refractivity contribution >= 4 is 0 Å². The van der Waals surface area contributed by atoms with Crippen LogP contribution >= 0.6 is 0 Å². The van der Waals surface area contributed by atoms with Gasteiger partial charge in [-0.3, -0.25) is 0 Å². The van der Waals surface area contributed by atoms with Gasteiger partial charge < -0.3 is 5.32 Å². The molecule has 1 aliphatic rings. The lowest BCUT2D eigenvalue weighted by molar-refractivity contribution is 0.342. The molecule has 5 heteroatoms. The van der Waals surface area contributed by atoms with Gasteiger partial charge in [0.25, 0.3) is 0 Å². The highest BCUT2D eigenvalue weighted by Crippen LogP contribution is 2.34. The SMILES string of the molecule is CC1CCCC1n1nnnc1CNC(C)(C)C. The van der Waals surface area contributed by atoms with Gasteiger partial charge in [-0.15, -0.1) is 5.10 Å². The Morgan fingerprint density at radius 1 is 1.35 bits per heavy atom. The van der Waals surface area contributed by atoms with E-state index in [1.54, 1.807) is 0 Å². The van der Waals surface area contributed by atoms with Crippen LogP contribution in [0.5, 0.6) is 0 Å². The van der Waals surface area contributed by atoms with Gasteiger partial charge in [0, 0.05) is 5.54 Å². The number of nitrogens with one attached hydrogen (secondary N) is 1. The molecule has 0 amide bonds. The van der Waals surface area contributed by atoms with E-state index in [-0.39, 0.29) is 5.54 Å². The summed E-state index contributed by atoms with van der Waals surface area (Å²) in [6, 6.07) is 0.488. The van der Waals surface area contributed by atoms with Gasteiger partial charge in [0.05, 0.1) is 12.6 Å². The molecule has 0 saturated heterocycles. The van der Waals surface area contributed by atoms with Crippen molar-refractivity contribution in [2.75, 3.05) is 0 Å². The fraction of sp³-hybridized carbons (Fsp3) is 0.917. The van der Waals surface area contributed by atoms with E-state index in [1.165, 1.54) is 19.3 Å². The molecule has 1 aromatic rings. The molecule has 2 atom stereocenters. The third kappa shape index (κ3) is 3.03. The van der Waals surface area contributed by atoms with Crippen molar-refractivity contribution in [2.45, 2.75) is 65.1 Å². The lowest BCUT2D eigenvalue weighted by atomic mass is 10.1. The molecular formula is C12H23N5. The molecule has 1 fully saturated rings. The predicted molar refractivity (Wildman–Crippen MR) is 66.5 cm³/mol. The molecule has 0 radical (unpaired) electrons. The van der Waals surface area contributed by atoms with E-state index in [4.69, 9.17) is 0 Å². The molecule has 1 saturated carbocycles. The predicted octanol–water partition coefficient (Wildman–Crippen LogP) is 1.92. The zero-order valence-corrected chi connectivity index (χ0v) is 11.3. The van der Waals surface area contributed by atoms with Crippen molar-refractivity contribution in [2.24, 2.45) is 5.92 Å². The van der Waals surface area contributed by atoms with Crippen LogP contribution in [-0.4, -0.2) is 25.7 Å². The number of aromatic nitrogens is 4. The number of hydrogen-bond acceptors (Lipinski definition) is 4. The minimum Gasteiger partial charge on any atom is -0.305 e. The average Bonchev–Trinajstić information content (AvgIpc) is 2.81. The van der Waals surface area contributed by atoms with Crippen molar-refractivity contribution in [1.29, 1.82) is 0 Å². The zero-order valence-electron chi connectivity index (χ0n) is 11.3. The molecule has 5 nitrogen and oxygen atoms in total. The van der Waals surface area contributed by atoms with Crippen LogP contribution in [0.1, 0.15) is 58.8 Å². The first-order chi connectivity index (χ1) is 7.97. The minimum absolute atomic E-state index is 0.0953. The standard InChI is InChI=1S/C12H23N5/c1-9-6-5-7-10(9)17-11(14-15-16-17)8-13-12(2,3)4/h9-10,13H,5-8H2,1-4H3. The van der Waals surface area contributed by atoms with E-state index in [0.29, 0.717) is 12.0 Å².